The number of amides is 1. The molecule has 1 amide bonds. The summed E-state index contributed by atoms with van der Waals surface area (Å²) in [5.41, 5.74) is -0.308. The number of nitrogens with one attached hydrogen (secondary N) is 1. The highest BCUT2D eigenvalue weighted by Crippen LogP contribution is 2.12. The fourth-order valence-corrected chi connectivity index (χ4v) is 2.26. The minimum absolute atomic E-state index is 0.136. The summed E-state index contributed by atoms with van der Waals surface area (Å²) in [6.07, 6.45) is 3.29. The molecule has 0 aliphatic carbocycles. The van der Waals surface area contributed by atoms with Gasteiger partial charge in [-0.3, -0.25) is 19.7 Å². The molecule has 3 aromatic rings. The van der Waals surface area contributed by atoms with Crippen LogP contribution in [0.3, 0.4) is 0 Å². The summed E-state index contributed by atoms with van der Waals surface area (Å²) in [5.74, 6) is 0.00425. The molecule has 0 aliphatic heterocycles. The van der Waals surface area contributed by atoms with Gasteiger partial charge in [-0.25, -0.2) is 9.36 Å². The molecule has 0 unspecified atom stereocenters. The highest BCUT2D eigenvalue weighted by Gasteiger charge is 2.11. The Kier molecular flexibility index (Phi) is 4.83. The number of hydrogen-bond acceptors (Lipinski definition) is 6. The van der Waals surface area contributed by atoms with Gasteiger partial charge in [-0.05, 0) is 18.2 Å². The number of carbonyl (C=O) groups excluding carboxylic acids is 1. The average Bonchev–Trinajstić information content (AvgIpc) is 3.18. The van der Waals surface area contributed by atoms with Crippen LogP contribution in [0.4, 0.5) is 5.69 Å². The second-order valence-corrected chi connectivity index (χ2v) is 5.27. The van der Waals surface area contributed by atoms with Crippen LogP contribution >= 0.6 is 0 Å². The fourth-order valence-electron chi connectivity index (χ4n) is 2.26. The molecular weight excluding hydrogens is 340 g/mol. The van der Waals surface area contributed by atoms with E-state index < -0.39 is 10.8 Å². The van der Waals surface area contributed by atoms with Crippen LogP contribution in [-0.4, -0.2) is 36.9 Å². The third-order valence-electron chi connectivity index (χ3n) is 3.52. The van der Waals surface area contributed by atoms with Crippen molar-refractivity contribution < 1.29 is 9.72 Å². The molecule has 26 heavy (non-hydrogen) atoms. The van der Waals surface area contributed by atoms with Crippen molar-refractivity contribution in [1.82, 2.24) is 24.9 Å². The van der Waals surface area contributed by atoms with E-state index in [0.29, 0.717) is 5.82 Å². The maximum atomic E-state index is 12.1. The average molecular weight is 354 g/mol. The third-order valence-corrected chi connectivity index (χ3v) is 3.52. The molecule has 0 atom stereocenters. The molecule has 0 fully saturated rings. The molecule has 0 aliphatic rings. The van der Waals surface area contributed by atoms with Gasteiger partial charge in [0.25, 0.3) is 17.2 Å². The van der Waals surface area contributed by atoms with Gasteiger partial charge in [-0.2, -0.15) is 5.10 Å². The zero-order valence-corrected chi connectivity index (χ0v) is 13.5. The number of carbonyl (C=O) groups is 1. The Morgan fingerprint density at radius 2 is 2.08 bits per heavy atom. The van der Waals surface area contributed by atoms with Crippen LogP contribution in [0.2, 0.25) is 0 Å². The summed E-state index contributed by atoms with van der Waals surface area (Å²) in [4.78, 5) is 34.2. The summed E-state index contributed by atoms with van der Waals surface area (Å²) in [7, 11) is 0. The highest BCUT2D eigenvalue weighted by atomic mass is 16.6. The number of nitrogens with zero attached hydrogens (tertiary/aromatic N) is 5. The molecule has 132 valence electrons. The monoisotopic (exact) mass is 354 g/mol. The van der Waals surface area contributed by atoms with E-state index in [0.717, 1.165) is 0 Å². The smallest absolute Gasteiger partial charge is 0.270 e. The van der Waals surface area contributed by atoms with Gasteiger partial charge in [0.2, 0.25) is 0 Å². The summed E-state index contributed by atoms with van der Waals surface area (Å²) in [6.45, 7) is 0.283. The largest absolute Gasteiger partial charge is 0.350 e. The molecular formula is C16H14N6O4. The Hall–Kier alpha value is -3.82. The van der Waals surface area contributed by atoms with Crippen LogP contribution in [0.1, 0.15) is 10.4 Å². The summed E-state index contributed by atoms with van der Waals surface area (Å²) >= 11 is 0. The van der Waals surface area contributed by atoms with Crippen LogP contribution in [0, 0.1) is 10.1 Å². The zero-order chi connectivity index (χ0) is 18.5. The standard InChI is InChI=1S/C16H14N6O4/c23-15-6-5-14(20-9-2-7-18-20)19-21(15)10-8-17-16(24)12-3-1-4-13(11-12)22(25)26/h1-7,9,11H,8,10H2,(H,17,24). The quantitative estimate of drug-likeness (QED) is 0.515. The number of rotatable bonds is 6. The molecule has 0 saturated carbocycles. The lowest BCUT2D eigenvalue weighted by molar-refractivity contribution is -0.384. The lowest BCUT2D eigenvalue weighted by atomic mass is 10.2. The third kappa shape index (κ3) is 3.80. The van der Waals surface area contributed by atoms with E-state index >= 15 is 0 Å². The van der Waals surface area contributed by atoms with Gasteiger partial charge >= 0.3 is 0 Å². The van der Waals surface area contributed by atoms with Gasteiger partial charge < -0.3 is 5.32 Å². The summed E-state index contributed by atoms with van der Waals surface area (Å²) in [6, 6.07) is 10.1. The van der Waals surface area contributed by atoms with E-state index in [-0.39, 0.29) is 29.9 Å². The second kappa shape index (κ2) is 7.38. The lowest BCUT2D eigenvalue weighted by Crippen LogP contribution is -2.32. The van der Waals surface area contributed by atoms with Crippen LogP contribution in [0.15, 0.2) is 59.7 Å². The predicted molar refractivity (Wildman–Crippen MR) is 91.0 cm³/mol. The molecule has 0 bridgehead atoms. The van der Waals surface area contributed by atoms with E-state index in [4.69, 9.17) is 0 Å². The van der Waals surface area contributed by atoms with Crippen LogP contribution in [-0.2, 0) is 6.54 Å². The fraction of sp³-hybridized carbons (Fsp3) is 0.125. The maximum absolute atomic E-state index is 12.1. The number of hydrogen-bond donors (Lipinski definition) is 1. The van der Waals surface area contributed by atoms with E-state index in [1.54, 1.807) is 24.5 Å². The van der Waals surface area contributed by atoms with E-state index in [1.807, 2.05) is 0 Å². The Morgan fingerprint density at radius 3 is 2.81 bits per heavy atom. The number of aromatic nitrogens is 4. The Morgan fingerprint density at radius 1 is 1.23 bits per heavy atom. The molecule has 10 nitrogen and oxygen atoms in total. The van der Waals surface area contributed by atoms with Crippen molar-refractivity contribution in [2.45, 2.75) is 6.54 Å². The van der Waals surface area contributed by atoms with Crippen molar-refractivity contribution in [1.29, 1.82) is 0 Å². The van der Waals surface area contributed by atoms with Crippen molar-refractivity contribution in [3.63, 3.8) is 0 Å². The minimum atomic E-state index is -0.568. The Balaban J connectivity index is 1.65. The first-order valence-corrected chi connectivity index (χ1v) is 7.65. The first-order chi connectivity index (χ1) is 12.5. The number of nitro benzene ring substituents is 1. The van der Waals surface area contributed by atoms with Crippen LogP contribution in [0.25, 0.3) is 5.82 Å². The number of non-ortho nitro benzene ring substituents is 1. The minimum Gasteiger partial charge on any atom is -0.350 e. The van der Waals surface area contributed by atoms with Gasteiger partial charge in [-0.15, -0.1) is 5.10 Å². The maximum Gasteiger partial charge on any atom is 0.270 e. The van der Waals surface area contributed by atoms with E-state index in [9.17, 15) is 19.7 Å². The molecule has 0 saturated heterocycles. The Labute approximate surface area is 146 Å². The lowest BCUT2D eigenvalue weighted by Gasteiger charge is -2.08. The van der Waals surface area contributed by atoms with Crippen LogP contribution < -0.4 is 10.9 Å². The molecule has 1 aromatic carbocycles. The van der Waals surface area contributed by atoms with Crippen molar-refractivity contribution in [2.24, 2.45) is 0 Å². The van der Waals surface area contributed by atoms with Crippen molar-refractivity contribution >= 4 is 11.6 Å². The summed E-state index contributed by atoms with van der Waals surface area (Å²) < 4.78 is 2.72. The number of nitro groups is 1. The van der Waals surface area contributed by atoms with Gasteiger partial charge in [0.05, 0.1) is 11.5 Å². The van der Waals surface area contributed by atoms with Gasteiger partial charge in [0.1, 0.15) is 0 Å². The molecule has 10 heteroatoms. The van der Waals surface area contributed by atoms with Gasteiger partial charge in [0, 0.05) is 42.7 Å². The zero-order valence-electron chi connectivity index (χ0n) is 13.5. The normalized spacial score (nSPS) is 10.5. The molecule has 3 rings (SSSR count). The first kappa shape index (κ1) is 17.0. The highest BCUT2D eigenvalue weighted by molar-refractivity contribution is 5.94. The SMILES string of the molecule is O=C(NCCn1nc(-n2cccn2)ccc1=O)c1cccc([N+](=O)[O-])c1. The summed E-state index contributed by atoms with van der Waals surface area (Å²) in [5, 5.41) is 21.6. The molecule has 0 radical (unpaired) electrons. The second-order valence-electron chi connectivity index (χ2n) is 5.27. The number of benzene rings is 1. The van der Waals surface area contributed by atoms with E-state index in [1.165, 1.54) is 39.7 Å². The topological polar surface area (TPSA) is 125 Å². The van der Waals surface area contributed by atoms with Gasteiger partial charge in [0.15, 0.2) is 5.82 Å². The Bertz CT molecular complexity index is 996. The molecule has 1 N–H and O–H groups in total. The molecule has 2 heterocycles. The molecule has 0 spiro atoms. The first-order valence-electron chi connectivity index (χ1n) is 7.65. The van der Waals surface area contributed by atoms with Crippen molar-refractivity contribution in [3.05, 3.63) is 80.9 Å². The predicted octanol–water partition coefficient (Wildman–Crippen LogP) is 0.767. The van der Waals surface area contributed by atoms with Crippen molar-refractivity contribution in [2.75, 3.05) is 6.54 Å². The molecule has 2 aromatic heterocycles. The van der Waals surface area contributed by atoms with Crippen LogP contribution in [0.5, 0.6) is 0 Å². The van der Waals surface area contributed by atoms with Crippen molar-refractivity contribution in [3.8, 4) is 5.82 Å². The van der Waals surface area contributed by atoms with E-state index in [2.05, 4.69) is 15.5 Å². The van der Waals surface area contributed by atoms with Gasteiger partial charge in [-0.1, -0.05) is 6.07 Å².